The van der Waals surface area contributed by atoms with Gasteiger partial charge in [0.2, 0.25) is 0 Å². The molecule has 2 atom stereocenters. The standard InChI is InChI=1S/C25H25F2NO/c1-13-5-6-15(9-13)23-22-17(18-10-16(26)11-19(27)24(18)29-23)7-8-20-21(22)14(2)12-25(3,4)28-20/h7-12,15,23,28H,5-6H2,1-4H3. The van der Waals surface area contributed by atoms with E-state index in [1.807, 2.05) is 12.1 Å². The SMILES string of the molecule is CC1=CC(C2Oc3c(F)cc(F)cc3-c3ccc4c(c32)C(C)=CC(C)(C)N4)CC1. The molecule has 0 amide bonds. The molecule has 0 radical (unpaired) electrons. The molecule has 150 valence electrons. The topological polar surface area (TPSA) is 21.3 Å². The van der Waals surface area contributed by atoms with Gasteiger partial charge in [-0.3, -0.25) is 0 Å². The second-order valence-electron chi connectivity index (χ2n) is 9.14. The minimum absolute atomic E-state index is 0.156. The van der Waals surface area contributed by atoms with Crippen molar-refractivity contribution in [1.82, 2.24) is 0 Å². The van der Waals surface area contributed by atoms with Gasteiger partial charge >= 0.3 is 0 Å². The van der Waals surface area contributed by atoms with Crippen molar-refractivity contribution in [2.45, 2.75) is 52.2 Å². The van der Waals surface area contributed by atoms with Gasteiger partial charge in [-0.05, 0) is 63.8 Å². The predicted octanol–water partition coefficient (Wildman–Crippen LogP) is 7.03. The van der Waals surface area contributed by atoms with Crippen LogP contribution in [0.1, 0.15) is 57.8 Å². The first kappa shape index (κ1) is 18.4. The minimum atomic E-state index is -0.640. The van der Waals surface area contributed by atoms with E-state index in [9.17, 15) is 8.78 Å². The van der Waals surface area contributed by atoms with E-state index in [1.54, 1.807) is 0 Å². The molecule has 4 heteroatoms. The summed E-state index contributed by atoms with van der Waals surface area (Å²) >= 11 is 0. The van der Waals surface area contributed by atoms with E-state index in [-0.39, 0.29) is 23.3 Å². The minimum Gasteiger partial charge on any atom is -0.481 e. The first-order valence-corrected chi connectivity index (χ1v) is 10.2. The molecular weight excluding hydrogens is 368 g/mol. The zero-order chi connectivity index (χ0) is 20.5. The van der Waals surface area contributed by atoms with Gasteiger partial charge in [-0.2, -0.15) is 0 Å². The van der Waals surface area contributed by atoms with Crippen molar-refractivity contribution in [2.24, 2.45) is 5.92 Å². The predicted molar refractivity (Wildman–Crippen MR) is 113 cm³/mol. The smallest absolute Gasteiger partial charge is 0.168 e. The molecule has 2 nitrogen and oxygen atoms in total. The monoisotopic (exact) mass is 393 g/mol. The van der Waals surface area contributed by atoms with E-state index in [2.05, 4.69) is 45.2 Å². The van der Waals surface area contributed by atoms with Gasteiger partial charge in [0.1, 0.15) is 11.9 Å². The maximum Gasteiger partial charge on any atom is 0.168 e. The van der Waals surface area contributed by atoms with Crippen molar-refractivity contribution < 1.29 is 13.5 Å². The van der Waals surface area contributed by atoms with E-state index >= 15 is 0 Å². The van der Waals surface area contributed by atoms with Crippen LogP contribution in [0.5, 0.6) is 5.75 Å². The Bertz CT molecular complexity index is 1100. The molecule has 2 aromatic rings. The Morgan fingerprint density at radius 1 is 1.10 bits per heavy atom. The average Bonchev–Trinajstić information content (AvgIpc) is 3.05. The van der Waals surface area contributed by atoms with Crippen molar-refractivity contribution in [1.29, 1.82) is 0 Å². The number of rotatable bonds is 1. The Morgan fingerprint density at radius 3 is 2.62 bits per heavy atom. The summed E-state index contributed by atoms with van der Waals surface area (Å²) in [6, 6.07) is 6.30. The molecule has 1 N–H and O–H groups in total. The van der Waals surface area contributed by atoms with Gasteiger partial charge in [-0.25, -0.2) is 8.78 Å². The molecule has 0 saturated heterocycles. The van der Waals surface area contributed by atoms with Crippen LogP contribution in [0, 0.1) is 17.6 Å². The Kier molecular flexibility index (Phi) is 3.93. The van der Waals surface area contributed by atoms with E-state index in [4.69, 9.17) is 4.74 Å². The molecule has 0 saturated carbocycles. The third kappa shape index (κ3) is 2.88. The average molecular weight is 393 g/mol. The molecule has 0 aromatic heterocycles. The summed E-state index contributed by atoms with van der Waals surface area (Å²) < 4.78 is 35.1. The molecule has 0 bridgehead atoms. The maximum absolute atomic E-state index is 14.7. The molecule has 1 aliphatic carbocycles. The number of nitrogens with one attached hydrogen (secondary N) is 1. The Labute approximate surface area is 170 Å². The highest BCUT2D eigenvalue weighted by atomic mass is 19.1. The van der Waals surface area contributed by atoms with Crippen molar-refractivity contribution in [3.8, 4) is 16.9 Å². The first-order chi connectivity index (χ1) is 13.7. The molecule has 2 aromatic carbocycles. The molecular formula is C25H25F2NO. The van der Waals surface area contributed by atoms with Crippen LogP contribution in [0.4, 0.5) is 14.5 Å². The number of halogens is 2. The fraction of sp³-hybridized carbons (Fsp3) is 0.360. The number of hydrogen-bond acceptors (Lipinski definition) is 2. The van der Waals surface area contributed by atoms with Crippen molar-refractivity contribution in [3.63, 3.8) is 0 Å². The Morgan fingerprint density at radius 2 is 1.90 bits per heavy atom. The normalized spacial score (nSPS) is 23.8. The van der Waals surface area contributed by atoms with Gasteiger partial charge < -0.3 is 10.1 Å². The lowest BCUT2D eigenvalue weighted by Crippen LogP contribution is -2.33. The molecule has 2 unspecified atom stereocenters. The summed E-state index contributed by atoms with van der Waals surface area (Å²) in [4.78, 5) is 0. The summed E-state index contributed by atoms with van der Waals surface area (Å²) in [7, 11) is 0. The summed E-state index contributed by atoms with van der Waals surface area (Å²) in [5, 5.41) is 3.59. The van der Waals surface area contributed by atoms with Gasteiger partial charge in [0, 0.05) is 34.4 Å². The number of allylic oxidation sites excluding steroid dienone is 2. The van der Waals surface area contributed by atoms with E-state index in [0.29, 0.717) is 5.56 Å². The summed E-state index contributed by atoms with van der Waals surface area (Å²) in [6.45, 7) is 8.51. The fourth-order valence-electron chi connectivity index (χ4n) is 5.21. The van der Waals surface area contributed by atoms with E-state index < -0.39 is 11.6 Å². The van der Waals surface area contributed by atoms with E-state index in [1.165, 1.54) is 11.6 Å². The van der Waals surface area contributed by atoms with Crippen LogP contribution in [-0.2, 0) is 0 Å². The third-order valence-corrected chi connectivity index (χ3v) is 6.26. The zero-order valence-electron chi connectivity index (χ0n) is 17.2. The van der Waals surface area contributed by atoms with Crippen LogP contribution >= 0.6 is 0 Å². The quantitative estimate of drug-likeness (QED) is 0.525. The van der Waals surface area contributed by atoms with Gasteiger partial charge in [-0.15, -0.1) is 0 Å². The number of anilines is 1. The third-order valence-electron chi connectivity index (χ3n) is 6.26. The van der Waals surface area contributed by atoms with Crippen LogP contribution in [0.15, 0.2) is 42.0 Å². The summed E-state index contributed by atoms with van der Waals surface area (Å²) in [6.07, 6.45) is 6.16. The van der Waals surface area contributed by atoms with Crippen molar-refractivity contribution in [3.05, 3.63) is 64.8 Å². The highest BCUT2D eigenvalue weighted by Gasteiger charge is 2.39. The first-order valence-electron chi connectivity index (χ1n) is 10.2. The molecule has 29 heavy (non-hydrogen) atoms. The van der Waals surface area contributed by atoms with Crippen molar-refractivity contribution in [2.75, 3.05) is 5.32 Å². The highest BCUT2D eigenvalue weighted by molar-refractivity contribution is 5.89. The lowest BCUT2D eigenvalue weighted by molar-refractivity contribution is 0.147. The number of hydrogen-bond donors (Lipinski definition) is 1. The summed E-state index contributed by atoms with van der Waals surface area (Å²) in [5.41, 5.74) is 6.87. The number of ether oxygens (including phenoxy) is 1. The Hall–Kier alpha value is -2.62. The van der Waals surface area contributed by atoms with Gasteiger partial charge in [0.25, 0.3) is 0 Å². The van der Waals surface area contributed by atoms with Crippen LogP contribution in [0.2, 0.25) is 0 Å². The van der Waals surface area contributed by atoms with Gasteiger partial charge in [0.15, 0.2) is 11.6 Å². The van der Waals surface area contributed by atoms with E-state index in [0.717, 1.165) is 46.9 Å². The van der Waals surface area contributed by atoms with Crippen molar-refractivity contribution >= 4 is 11.3 Å². The van der Waals surface area contributed by atoms with Crippen LogP contribution in [0.3, 0.4) is 0 Å². The summed E-state index contributed by atoms with van der Waals surface area (Å²) in [5.74, 6) is -0.901. The number of fused-ring (bicyclic) bond motifs is 5. The van der Waals surface area contributed by atoms with Gasteiger partial charge in [-0.1, -0.05) is 23.8 Å². The second-order valence-corrected chi connectivity index (χ2v) is 9.14. The van der Waals surface area contributed by atoms with Crippen LogP contribution < -0.4 is 10.1 Å². The molecule has 0 fully saturated rings. The lowest BCUT2D eigenvalue weighted by Gasteiger charge is -2.38. The van der Waals surface area contributed by atoms with Crippen LogP contribution in [0.25, 0.3) is 16.7 Å². The largest absolute Gasteiger partial charge is 0.481 e. The van der Waals surface area contributed by atoms with Crippen LogP contribution in [-0.4, -0.2) is 5.54 Å². The Balaban J connectivity index is 1.79. The second kappa shape index (κ2) is 6.19. The highest BCUT2D eigenvalue weighted by Crippen LogP contribution is 2.53. The lowest BCUT2D eigenvalue weighted by atomic mass is 9.79. The maximum atomic E-state index is 14.7. The molecule has 3 aliphatic rings. The fourth-order valence-corrected chi connectivity index (χ4v) is 5.21. The zero-order valence-corrected chi connectivity index (χ0v) is 17.2. The molecule has 2 heterocycles. The van der Waals surface area contributed by atoms with Gasteiger partial charge in [0.05, 0.1) is 5.54 Å². The molecule has 5 rings (SSSR count). The number of benzene rings is 2. The molecule has 0 spiro atoms. The molecule has 2 aliphatic heterocycles.